The molecule has 0 radical (unpaired) electrons. The van der Waals surface area contributed by atoms with E-state index in [9.17, 15) is 14.4 Å². The molecule has 2 fully saturated rings. The SMILES string of the molecule is COC(=O)C1(N)CCCCC1.COC(=O)C1(NC(=O)/C=C/c2ccco2)CCCCC1.Cl. The predicted molar refractivity (Wildman–Crippen MR) is 123 cm³/mol. The highest BCUT2D eigenvalue weighted by atomic mass is 35.5. The average molecular weight is 471 g/mol. The number of amides is 1. The van der Waals surface area contributed by atoms with E-state index in [0.717, 1.165) is 44.9 Å². The summed E-state index contributed by atoms with van der Waals surface area (Å²) in [6.07, 6.45) is 13.5. The van der Waals surface area contributed by atoms with Gasteiger partial charge in [0.15, 0.2) is 0 Å². The van der Waals surface area contributed by atoms with E-state index < -0.39 is 11.1 Å². The number of rotatable bonds is 5. The number of carbonyl (C=O) groups is 3. The second kappa shape index (κ2) is 13.3. The Bertz CT molecular complexity index is 751. The molecule has 0 aliphatic heterocycles. The van der Waals surface area contributed by atoms with Gasteiger partial charge >= 0.3 is 11.9 Å². The van der Waals surface area contributed by atoms with E-state index in [0.29, 0.717) is 18.6 Å². The van der Waals surface area contributed by atoms with Gasteiger partial charge in [0.2, 0.25) is 5.91 Å². The number of ether oxygens (including phenoxy) is 2. The van der Waals surface area contributed by atoms with Crippen LogP contribution in [0.1, 0.15) is 70.0 Å². The molecule has 0 atom stereocenters. The summed E-state index contributed by atoms with van der Waals surface area (Å²) >= 11 is 0. The molecule has 0 aromatic carbocycles. The van der Waals surface area contributed by atoms with Gasteiger partial charge in [0.25, 0.3) is 0 Å². The molecule has 0 unspecified atom stereocenters. The molecule has 1 amide bonds. The summed E-state index contributed by atoms with van der Waals surface area (Å²) in [5.41, 5.74) is 4.29. The summed E-state index contributed by atoms with van der Waals surface area (Å²) < 4.78 is 14.6. The Labute approximate surface area is 195 Å². The molecule has 2 aliphatic carbocycles. The van der Waals surface area contributed by atoms with Crippen molar-refractivity contribution >= 4 is 36.3 Å². The number of halogens is 1. The van der Waals surface area contributed by atoms with Crippen molar-refractivity contribution in [3.8, 4) is 0 Å². The Kier molecular flexibility index (Phi) is 11.5. The lowest BCUT2D eigenvalue weighted by Gasteiger charge is -2.34. The lowest BCUT2D eigenvalue weighted by atomic mass is 9.81. The van der Waals surface area contributed by atoms with Crippen LogP contribution in [0, 0.1) is 0 Å². The van der Waals surface area contributed by atoms with Gasteiger partial charge in [-0.1, -0.05) is 38.5 Å². The quantitative estimate of drug-likeness (QED) is 0.498. The minimum atomic E-state index is -0.877. The van der Waals surface area contributed by atoms with Crippen LogP contribution in [0.4, 0.5) is 0 Å². The third kappa shape index (κ3) is 7.67. The van der Waals surface area contributed by atoms with Crippen molar-refractivity contribution in [1.82, 2.24) is 5.32 Å². The molecular formula is C23H35ClN2O6. The summed E-state index contributed by atoms with van der Waals surface area (Å²) in [7, 11) is 2.75. The smallest absolute Gasteiger partial charge is 0.331 e. The molecule has 2 aliphatic rings. The molecule has 8 nitrogen and oxygen atoms in total. The standard InChI is InChI=1S/C15H19NO4.C8H15NO2.ClH/c1-19-14(18)15(9-3-2-4-10-15)16-13(17)8-7-12-6-5-11-20-12;1-11-7(10)8(9)5-3-2-4-6-8;/h5-8,11H,2-4,9-10H2,1H3,(H,16,17);2-6,9H2,1H3;1H/b8-7+;;. The maximum Gasteiger partial charge on any atom is 0.331 e. The Morgan fingerprint density at radius 1 is 0.969 bits per heavy atom. The fourth-order valence-corrected chi connectivity index (χ4v) is 4.14. The second-order valence-electron chi connectivity index (χ2n) is 8.18. The number of esters is 2. The van der Waals surface area contributed by atoms with E-state index in [2.05, 4.69) is 10.1 Å². The zero-order valence-electron chi connectivity index (χ0n) is 18.9. The van der Waals surface area contributed by atoms with Crippen LogP contribution in [0.15, 0.2) is 28.9 Å². The predicted octanol–water partition coefficient (Wildman–Crippen LogP) is 3.53. The number of hydrogen-bond acceptors (Lipinski definition) is 7. The number of furan rings is 1. The van der Waals surface area contributed by atoms with E-state index in [-0.39, 0.29) is 30.3 Å². The lowest BCUT2D eigenvalue weighted by molar-refractivity contribution is -0.152. The number of nitrogens with two attached hydrogens (primary N) is 1. The lowest BCUT2D eigenvalue weighted by Crippen LogP contribution is -2.55. The molecule has 3 rings (SSSR count). The Hall–Kier alpha value is -2.32. The van der Waals surface area contributed by atoms with Crippen molar-refractivity contribution in [3.05, 3.63) is 30.2 Å². The number of methoxy groups -OCH3 is 2. The fraction of sp³-hybridized carbons (Fsp3) is 0.609. The van der Waals surface area contributed by atoms with Gasteiger partial charge < -0.3 is 24.9 Å². The van der Waals surface area contributed by atoms with Crippen molar-refractivity contribution in [3.63, 3.8) is 0 Å². The van der Waals surface area contributed by atoms with Crippen molar-refractivity contribution < 1.29 is 28.3 Å². The van der Waals surface area contributed by atoms with Gasteiger partial charge in [-0.25, -0.2) is 4.79 Å². The highest BCUT2D eigenvalue weighted by molar-refractivity contribution is 5.96. The monoisotopic (exact) mass is 470 g/mol. The molecule has 9 heteroatoms. The third-order valence-electron chi connectivity index (χ3n) is 5.93. The van der Waals surface area contributed by atoms with Gasteiger partial charge in [0.1, 0.15) is 16.8 Å². The maximum atomic E-state index is 12.0. The van der Waals surface area contributed by atoms with E-state index >= 15 is 0 Å². The average Bonchev–Trinajstić information content (AvgIpc) is 3.32. The Morgan fingerprint density at radius 2 is 1.53 bits per heavy atom. The van der Waals surface area contributed by atoms with Crippen molar-refractivity contribution in [1.29, 1.82) is 0 Å². The molecule has 1 heterocycles. The molecule has 2 saturated carbocycles. The first kappa shape index (κ1) is 27.7. The number of hydrogen-bond donors (Lipinski definition) is 2. The van der Waals surface area contributed by atoms with Crippen molar-refractivity contribution in [2.45, 2.75) is 75.3 Å². The van der Waals surface area contributed by atoms with Gasteiger partial charge in [0, 0.05) is 6.08 Å². The molecule has 32 heavy (non-hydrogen) atoms. The van der Waals surface area contributed by atoms with Gasteiger partial charge in [0.05, 0.1) is 20.5 Å². The first-order valence-corrected chi connectivity index (χ1v) is 10.8. The summed E-state index contributed by atoms with van der Waals surface area (Å²) in [6, 6.07) is 3.50. The summed E-state index contributed by atoms with van der Waals surface area (Å²) in [5.74, 6) is -0.334. The van der Waals surface area contributed by atoms with Crippen LogP contribution in [0.3, 0.4) is 0 Å². The zero-order chi connectivity index (χ0) is 22.7. The summed E-state index contributed by atoms with van der Waals surface area (Å²) in [6.45, 7) is 0. The minimum Gasteiger partial charge on any atom is -0.468 e. The van der Waals surface area contributed by atoms with Gasteiger partial charge in [-0.15, -0.1) is 12.4 Å². The Balaban J connectivity index is 0.000000364. The van der Waals surface area contributed by atoms with Crippen LogP contribution in [0.5, 0.6) is 0 Å². The van der Waals surface area contributed by atoms with E-state index in [1.54, 1.807) is 18.2 Å². The highest BCUT2D eigenvalue weighted by Gasteiger charge is 2.41. The molecule has 0 bridgehead atoms. The number of nitrogens with one attached hydrogen (secondary N) is 1. The van der Waals surface area contributed by atoms with Crippen LogP contribution >= 0.6 is 12.4 Å². The van der Waals surface area contributed by atoms with Gasteiger partial charge in [-0.2, -0.15) is 0 Å². The summed E-state index contributed by atoms with van der Waals surface area (Å²) in [5, 5.41) is 2.80. The third-order valence-corrected chi connectivity index (χ3v) is 5.93. The fourth-order valence-electron chi connectivity index (χ4n) is 4.14. The second-order valence-corrected chi connectivity index (χ2v) is 8.18. The van der Waals surface area contributed by atoms with Crippen molar-refractivity contribution in [2.75, 3.05) is 14.2 Å². The van der Waals surface area contributed by atoms with Gasteiger partial charge in [-0.05, 0) is 43.9 Å². The topological polar surface area (TPSA) is 121 Å². The molecule has 1 aromatic heterocycles. The zero-order valence-corrected chi connectivity index (χ0v) is 19.7. The largest absolute Gasteiger partial charge is 0.468 e. The summed E-state index contributed by atoms with van der Waals surface area (Å²) in [4.78, 5) is 35.1. The molecule has 0 spiro atoms. The molecule has 180 valence electrons. The number of carbonyl (C=O) groups excluding carboxylic acids is 3. The van der Waals surface area contributed by atoms with Crippen LogP contribution in [-0.2, 0) is 23.9 Å². The van der Waals surface area contributed by atoms with E-state index in [1.807, 2.05) is 0 Å². The van der Waals surface area contributed by atoms with E-state index in [1.165, 1.54) is 33.0 Å². The molecule has 0 saturated heterocycles. The highest BCUT2D eigenvalue weighted by Crippen LogP contribution is 2.29. The molecule has 3 N–H and O–H groups in total. The van der Waals surface area contributed by atoms with Crippen LogP contribution < -0.4 is 11.1 Å². The van der Waals surface area contributed by atoms with Crippen molar-refractivity contribution in [2.24, 2.45) is 5.73 Å². The van der Waals surface area contributed by atoms with Gasteiger partial charge in [-0.3, -0.25) is 9.59 Å². The first-order chi connectivity index (χ1) is 14.8. The molecule has 1 aromatic rings. The van der Waals surface area contributed by atoms with Crippen LogP contribution in [0.25, 0.3) is 6.08 Å². The first-order valence-electron chi connectivity index (χ1n) is 10.8. The Morgan fingerprint density at radius 3 is 2.03 bits per heavy atom. The minimum absolute atomic E-state index is 0. The van der Waals surface area contributed by atoms with E-state index in [4.69, 9.17) is 14.9 Å². The normalized spacial score (nSPS) is 19.0. The molecular weight excluding hydrogens is 436 g/mol. The van der Waals surface area contributed by atoms with Crippen LogP contribution in [-0.4, -0.2) is 43.1 Å². The maximum absolute atomic E-state index is 12.0. The van der Waals surface area contributed by atoms with Crippen LogP contribution in [0.2, 0.25) is 0 Å².